The largest absolute Gasteiger partial charge is 0.375 e. The fraction of sp³-hybridized carbons (Fsp3) is 0.533. The van der Waals surface area contributed by atoms with Gasteiger partial charge in [-0.15, -0.1) is 0 Å². The normalized spacial score (nSPS) is 21.0. The Labute approximate surface area is 138 Å². The summed E-state index contributed by atoms with van der Waals surface area (Å²) < 4.78 is 5.42. The highest BCUT2D eigenvalue weighted by molar-refractivity contribution is 7.15. The number of ether oxygens (including phenoxy) is 1. The lowest BCUT2D eigenvalue weighted by atomic mass is 9.98. The molecule has 0 bridgehead atoms. The number of nitrogens with zero attached hydrogens (tertiary/aromatic N) is 3. The summed E-state index contributed by atoms with van der Waals surface area (Å²) in [6, 6.07) is -0.0757. The Morgan fingerprint density at radius 2 is 2.48 bits per heavy atom. The lowest BCUT2D eigenvalue weighted by molar-refractivity contribution is 0.112. The first-order chi connectivity index (χ1) is 11.3. The number of carbonyl (C=O) groups is 1. The molecule has 0 spiro atoms. The van der Waals surface area contributed by atoms with Crippen LogP contribution in [0, 0.1) is 0 Å². The van der Waals surface area contributed by atoms with Crippen molar-refractivity contribution in [3.8, 4) is 0 Å². The van der Waals surface area contributed by atoms with Crippen LogP contribution < -0.4 is 5.32 Å². The lowest BCUT2D eigenvalue weighted by Gasteiger charge is -2.31. The molecule has 1 atom stereocenters. The van der Waals surface area contributed by atoms with Gasteiger partial charge in [0.1, 0.15) is 5.82 Å². The van der Waals surface area contributed by atoms with Crippen molar-refractivity contribution >= 4 is 22.5 Å². The van der Waals surface area contributed by atoms with Crippen molar-refractivity contribution in [2.45, 2.75) is 31.8 Å². The fourth-order valence-corrected chi connectivity index (χ4v) is 4.07. The van der Waals surface area contributed by atoms with Crippen molar-refractivity contribution in [3.63, 3.8) is 0 Å². The third-order valence-electron chi connectivity index (χ3n) is 4.32. The third-order valence-corrected chi connectivity index (χ3v) is 5.31. The zero-order chi connectivity index (χ0) is 15.6. The second kappa shape index (κ2) is 6.29. The van der Waals surface area contributed by atoms with Gasteiger partial charge in [-0.2, -0.15) is 0 Å². The first-order valence-corrected chi connectivity index (χ1v) is 8.73. The van der Waals surface area contributed by atoms with Crippen LogP contribution in [0.25, 0.3) is 0 Å². The van der Waals surface area contributed by atoms with Gasteiger partial charge in [0.2, 0.25) is 0 Å². The predicted octanol–water partition coefficient (Wildman–Crippen LogP) is 2.35. The molecule has 23 heavy (non-hydrogen) atoms. The van der Waals surface area contributed by atoms with E-state index in [1.54, 1.807) is 6.20 Å². The van der Waals surface area contributed by atoms with Crippen LogP contribution in [0.2, 0.25) is 0 Å². The van der Waals surface area contributed by atoms with E-state index in [1.807, 2.05) is 11.1 Å². The van der Waals surface area contributed by atoms with Crippen LogP contribution in [0.5, 0.6) is 0 Å². The van der Waals surface area contributed by atoms with E-state index in [9.17, 15) is 4.79 Å². The average molecular weight is 333 g/mol. The van der Waals surface area contributed by atoms with Crippen molar-refractivity contribution in [2.75, 3.05) is 25.0 Å². The minimum atomic E-state index is -0.0757. The van der Waals surface area contributed by atoms with Crippen LogP contribution in [0.1, 0.15) is 35.2 Å². The quantitative estimate of drug-likeness (QED) is 0.884. The first-order valence-electron chi connectivity index (χ1n) is 7.91. The number of aromatic nitrogens is 3. The Hall–Kier alpha value is -1.93. The number of thiazole rings is 1. The highest BCUT2D eigenvalue weighted by Gasteiger charge is 2.27. The molecule has 2 aliphatic heterocycles. The van der Waals surface area contributed by atoms with E-state index >= 15 is 0 Å². The summed E-state index contributed by atoms with van der Waals surface area (Å²) in [5.41, 5.74) is 1.06. The Morgan fingerprint density at radius 3 is 3.30 bits per heavy atom. The number of nitrogens with one attached hydrogen (secondary N) is 2. The van der Waals surface area contributed by atoms with E-state index in [-0.39, 0.29) is 11.9 Å². The second-order valence-corrected chi connectivity index (χ2v) is 6.96. The van der Waals surface area contributed by atoms with Gasteiger partial charge in [-0.1, -0.05) is 11.3 Å². The van der Waals surface area contributed by atoms with Gasteiger partial charge in [-0.25, -0.2) is 14.8 Å². The minimum absolute atomic E-state index is 0.0757. The van der Waals surface area contributed by atoms with Gasteiger partial charge >= 0.3 is 6.03 Å². The van der Waals surface area contributed by atoms with Crippen LogP contribution in [0.4, 0.5) is 9.93 Å². The lowest BCUT2D eigenvalue weighted by Crippen LogP contribution is -2.41. The molecule has 1 saturated heterocycles. The average Bonchev–Trinajstić information content (AvgIpc) is 3.24. The van der Waals surface area contributed by atoms with Crippen LogP contribution in [0.3, 0.4) is 0 Å². The maximum Gasteiger partial charge on any atom is 0.323 e. The molecule has 2 aromatic rings. The standard InChI is InChI=1S/C15H19N5O2S/c21-15(19-14-18-11-3-7-22-9-12(11)23-14)20-6-1-2-10(8-20)13-16-4-5-17-13/h4-5,10H,1-3,6-9H2,(H,16,17)(H,18,19,21)/t10-/m0/s1. The molecule has 0 radical (unpaired) electrons. The number of aromatic amines is 1. The summed E-state index contributed by atoms with van der Waals surface area (Å²) in [5, 5.41) is 3.61. The zero-order valence-electron chi connectivity index (χ0n) is 12.7. The monoisotopic (exact) mass is 333 g/mol. The van der Waals surface area contributed by atoms with Crippen LogP contribution in [-0.4, -0.2) is 45.6 Å². The number of hydrogen-bond donors (Lipinski definition) is 2. The minimum Gasteiger partial charge on any atom is -0.375 e. The van der Waals surface area contributed by atoms with Gasteiger partial charge in [-0.05, 0) is 12.8 Å². The van der Waals surface area contributed by atoms with Gasteiger partial charge < -0.3 is 14.6 Å². The van der Waals surface area contributed by atoms with Crippen LogP contribution >= 0.6 is 11.3 Å². The molecule has 2 N–H and O–H groups in total. The van der Waals surface area contributed by atoms with E-state index in [0.29, 0.717) is 24.9 Å². The van der Waals surface area contributed by atoms with Crippen molar-refractivity contribution in [3.05, 3.63) is 28.8 Å². The highest BCUT2D eigenvalue weighted by Crippen LogP contribution is 2.28. The van der Waals surface area contributed by atoms with Gasteiger partial charge in [0.25, 0.3) is 0 Å². The summed E-state index contributed by atoms with van der Waals surface area (Å²) in [5.74, 6) is 1.24. The molecule has 1 fully saturated rings. The van der Waals surface area contributed by atoms with E-state index in [1.165, 1.54) is 11.3 Å². The number of anilines is 1. The number of likely N-dealkylation sites (tertiary alicyclic amines) is 1. The van der Waals surface area contributed by atoms with E-state index in [4.69, 9.17) is 4.74 Å². The maximum atomic E-state index is 12.5. The molecular weight excluding hydrogens is 314 g/mol. The highest BCUT2D eigenvalue weighted by atomic mass is 32.1. The summed E-state index contributed by atoms with van der Waals surface area (Å²) in [6.45, 7) is 2.78. The number of fused-ring (bicyclic) bond motifs is 1. The summed E-state index contributed by atoms with van der Waals surface area (Å²) >= 11 is 1.51. The third kappa shape index (κ3) is 3.09. The smallest absolute Gasteiger partial charge is 0.323 e. The van der Waals surface area contributed by atoms with Crippen molar-refractivity contribution in [1.29, 1.82) is 0 Å². The molecule has 8 heteroatoms. The number of urea groups is 1. The summed E-state index contributed by atoms with van der Waals surface area (Å²) in [6.07, 6.45) is 6.46. The molecule has 2 aliphatic rings. The number of H-pyrrole nitrogens is 1. The number of piperidine rings is 1. The second-order valence-electron chi connectivity index (χ2n) is 5.88. The number of amides is 2. The molecule has 122 valence electrons. The molecule has 0 aromatic carbocycles. The molecule has 4 heterocycles. The number of hydrogen-bond acceptors (Lipinski definition) is 5. The van der Waals surface area contributed by atoms with E-state index < -0.39 is 0 Å². The predicted molar refractivity (Wildman–Crippen MR) is 86.6 cm³/mol. The molecule has 0 aliphatic carbocycles. The molecule has 2 aromatic heterocycles. The Morgan fingerprint density at radius 1 is 1.52 bits per heavy atom. The molecule has 2 amide bonds. The van der Waals surface area contributed by atoms with Crippen molar-refractivity contribution < 1.29 is 9.53 Å². The molecule has 0 unspecified atom stereocenters. The summed E-state index contributed by atoms with van der Waals surface area (Å²) in [4.78, 5) is 27.5. The molecule has 0 saturated carbocycles. The topological polar surface area (TPSA) is 83.1 Å². The van der Waals surface area contributed by atoms with Gasteiger partial charge in [-0.3, -0.25) is 5.32 Å². The van der Waals surface area contributed by atoms with Crippen LogP contribution in [0.15, 0.2) is 12.4 Å². The molecule has 7 nitrogen and oxygen atoms in total. The van der Waals surface area contributed by atoms with Gasteiger partial charge in [0.05, 0.1) is 23.8 Å². The number of carbonyl (C=O) groups excluding carboxylic acids is 1. The number of rotatable bonds is 2. The fourth-order valence-electron chi connectivity index (χ4n) is 3.13. The zero-order valence-corrected chi connectivity index (χ0v) is 13.6. The van der Waals surface area contributed by atoms with Crippen LogP contribution in [-0.2, 0) is 17.8 Å². The van der Waals surface area contributed by atoms with Gasteiger partial charge in [0, 0.05) is 37.8 Å². The van der Waals surface area contributed by atoms with E-state index in [0.717, 1.165) is 42.2 Å². The molecule has 4 rings (SSSR count). The van der Waals surface area contributed by atoms with Crippen molar-refractivity contribution in [2.24, 2.45) is 0 Å². The Balaban J connectivity index is 1.41. The van der Waals surface area contributed by atoms with Gasteiger partial charge in [0.15, 0.2) is 5.13 Å². The Kier molecular flexibility index (Phi) is 4.00. The van der Waals surface area contributed by atoms with Crippen molar-refractivity contribution in [1.82, 2.24) is 19.9 Å². The SMILES string of the molecule is O=C(Nc1nc2c(s1)COCC2)N1CCC[C@H](c2ncc[nH]2)C1. The number of imidazole rings is 1. The van der Waals surface area contributed by atoms with E-state index in [2.05, 4.69) is 20.3 Å². The molecular formula is C15H19N5O2S. The maximum absolute atomic E-state index is 12.5. The Bertz CT molecular complexity index is 661. The summed E-state index contributed by atoms with van der Waals surface area (Å²) in [7, 11) is 0. The first kappa shape index (κ1) is 14.6.